The fourth-order valence-electron chi connectivity index (χ4n) is 2.15. The van der Waals surface area contributed by atoms with E-state index in [9.17, 15) is 9.59 Å². The molecule has 3 rings (SSSR count). The quantitative estimate of drug-likeness (QED) is 0.596. The summed E-state index contributed by atoms with van der Waals surface area (Å²) in [5.41, 5.74) is 2.57. The Morgan fingerprint density at radius 1 is 0.938 bits per heavy atom. The molecule has 2 nitrogen and oxygen atoms in total. The van der Waals surface area contributed by atoms with E-state index in [1.165, 1.54) is 11.3 Å². The molecule has 0 amide bonds. The van der Waals surface area contributed by atoms with Gasteiger partial charge >= 0.3 is 103 Å². The molecule has 0 N–H and O–H groups in total. The zero-order valence-corrected chi connectivity index (χ0v) is 11.3. The van der Waals surface area contributed by atoms with Crippen LogP contribution in [0.5, 0.6) is 0 Å². The molecule has 0 bridgehead atoms. The first-order valence-corrected chi connectivity index (χ1v) is 7.52. The van der Waals surface area contributed by atoms with Crippen LogP contribution in [0.25, 0.3) is 0 Å². The van der Waals surface area contributed by atoms with Crippen molar-refractivity contribution >= 4 is 37.4 Å². The Morgan fingerprint density at radius 3 is 1.81 bits per heavy atom. The second kappa shape index (κ2) is 3.26. The molecule has 0 unspecified atom stereocenters. The predicted molar refractivity (Wildman–Crippen MR) is 64.0 cm³/mol. The van der Waals surface area contributed by atoms with Crippen LogP contribution in [0.3, 0.4) is 0 Å². The maximum absolute atomic E-state index is 12.2. The van der Waals surface area contributed by atoms with Crippen LogP contribution in [-0.2, 0) is 0 Å². The number of aryl methyl sites for hydroxylation is 2. The van der Waals surface area contributed by atoms with Crippen LogP contribution in [0.15, 0.2) is 10.8 Å². The summed E-state index contributed by atoms with van der Waals surface area (Å²) in [7, 11) is 0. The fraction of sp³-hybridized carbons (Fsp3) is 0.167. The number of carbonyl (C=O) groups is 2. The van der Waals surface area contributed by atoms with Gasteiger partial charge in [-0.25, -0.2) is 0 Å². The fourth-order valence-corrected chi connectivity index (χ4v) is 5.17. The van der Waals surface area contributed by atoms with Crippen molar-refractivity contribution in [1.29, 1.82) is 0 Å². The summed E-state index contributed by atoms with van der Waals surface area (Å²) in [4.78, 5) is 24.5. The molecule has 0 saturated heterocycles. The molecule has 0 aromatic carbocycles. The Labute approximate surface area is 103 Å². The molecule has 0 fully saturated rings. The van der Waals surface area contributed by atoms with Gasteiger partial charge in [0.25, 0.3) is 0 Å². The van der Waals surface area contributed by atoms with Crippen molar-refractivity contribution in [1.82, 2.24) is 0 Å². The topological polar surface area (TPSA) is 34.1 Å². The molecule has 80 valence electrons. The molecule has 0 aliphatic heterocycles. The van der Waals surface area contributed by atoms with E-state index < -0.39 is 0 Å². The van der Waals surface area contributed by atoms with Crippen LogP contribution in [0.1, 0.15) is 40.7 Å². The SMILES string of the molecule is Cc1[se]c(C)c2c1C(=O)c1cscc1C2=O. The summed E-state index contributed by atoms with van der Waals surface area (Å²) in [5, 5.41) is 3.57. The van der Waals surface area contributed by atoms with Crippen molar-refractivity contribution in [2.24, 2.45) is 0 Å². The predicted octanol–water partition coefficient (Wildman–Crippen LogP) is 2.20. The summed E-state index contributed by atoms with van der Waals surface area (Å²) < 4.78 is 2.19. The molecular weight excluding hydrogens is 287 g/mol. The number of hydrogen-bond donors (Lipinski definition) is 0. The van der Waals surface area contributed by atoms with Gasteiger partial charge < -0.3 is 0 Å². The number of fused-ring (bicyclic) bond motifs is 2. The molecule has 0 radical (unpaired) electrons. The molecular formula is C12H8O2SSe. The average Bonchev–Trinajstić information content (AvgIpc) is 2.80. The first kappa shape index (κ1) is 10.2. The van der Waals surface area contributed by atoms with Gasteiger partial charge in [-0.1, -0.05) is 0 Å². The van der Waals surface area contributed by atoms with Gasteiger partial charge in [-0.2, -0.15) is 0 Å². The van der Waals surface area contributed by atoms with Crippen LogP contribution in [0, 0.1) is 13.8 Å². The van der Waals surface area contributed by atoms with Crippen LogP contribution >= 0.6 is 11.3 Å². The normalized spacial score (nSPS) is 13.9. The van der Waals surface area contributed by atoms with Gasteiger partial charge in [0, 0.05) is 0 Å². The monoisotopic (exact) mass is 296 g/mol. The van der Waals surface area contributed by atoms with E-state index in [2.05, 4.69) is 0 Å². The molecule has 16 heavy (non-hydrogen) atoms. The number of thiophene rings is 1. The average molecular weight is 295 g/mol. The zero-order valence-electron chi connectivity index (χ0n) is 8.79. The van der Waals surface area contributed by atoms with Crippen LogP contribution in [0.2, 0.25) is 0 Å². The van der Waals surface area contributed by atoms with E-state index in [-0.39, 0.29) is 26.1 Å². The summed E-state index contributed by atoms with van der Waals surface area (Å²) >= 11 is 1.61. The maximum atomic E-state index is 12.2. The van der Waals surface area contributed by atoms with Crippen molar-refractivity contribution in [2.75, 3.05) is 0 Å². The van der Waals surface area contributed by atoms with Gasteiger partial charge in [-0.15, -0.1) is 0 Å². The molecule has 1 aliphatic carbocycles. The molecule has 2 aromatic heterocycles. The van der Waals surface area contributed by atoms with E-state index >= 15 is 0 Å². The van der Waals surface area contributed by atoms with Gasteiger partial charge in [0.2, 0.25) is 0 Å². The van der Waals surface area contributed by atoms with E-state index in [4.69, 9.17) is 0 Å². The third-order valence-corrected chi connectivity index (χ3v) is 5.75. The Hall–Kier alpha value is -0.961. The Balaban J connectivity index is 2.40. The number of ketones is 2. The van der Waals surface area contributed by atoms with Gasteiger partial charge in [-0.05, 0) is 0 Å². The molecule has 2 aromatic rings. The van der Waals surface area contributed by atoms with Crippen molar-refractivity contribution in [2.45, 2.75) is 13.8 Å². The zero-order chi connectivity index (χ0) is 11.4. The minimum atomic E-state index is 0.0436. The van der Waals surface area contributed by atoms with Gasteiger partial charge in [-0.3, -0.25) is 0 Å². The standard InChI is InChI=1S/C12H8O2SSe/c1-5-9-10(6(2)16-5)12(14)8-4-15-3-7(8)11(9)13/h3-4H,1-2H3. The van der Waals surface area contributed by atoms with Crippen LogP contribution < -0.4 is 0 Å². The van der Waals surface area contributed by atoms with Crippen molar-refractivity contribution in [3.8, 4) is 0 Å². The van der Waals surface area contributed by atoms with Crippen molar-refractivity contribution < 1.29 is 9.59 Å². The minimum absolute atomic E-state index is 0.0436. The van der Waals surface area contributed by atoms with Gasteiger partial charge in [0.05, 0.1) is 0 Å². The summed E-state index contributed by atoms with van der Waals surface area (Å²) in [6.45, 7) is 3.93. The first-order chi connectivity index (χ1) is 7.61. The molecule has 1 aliphatic rings. The molecule has 4 heteroatoms. The number of carbonyl (C=O) groups excluding carboxylic acids is 2. The second-order valence-corrected chi connectivity index (χ2v) is 7.56. The third-order valence-electron chi connectivity index (χ3n) is 2.87. The Bertz CT molecular complexity index is 582. The summed E-state index contributed by atoms with van der Waals surface area (Å²) in [6, 6.07) is 0. The Morgan fingerprint density at radius 2 is 1.38 bits per heavy atom. The third kappa shape index (κ3) is 1.12. The summed E-state index contributed by atoms with van der Waals surface area (Å²) in [6.07, 6.45) is 0. The molecule has 0 atom stereocenters. The van der Waals surface area contributed by atoms with Gasteiger partial charge in [0.1, 0.15) is 0 Å². The van der Waals surface area contributed by atoms with Crippen LogP contribution in [0.4, 0.5) is 0 Å². The van der Waals surface area contributed by atoms with Crippen molar-refractivity contribution in [3.63, 3.8) is 0 Å². The first-order valence-electron chi connectivity index (χ1n) is 4.87. The molecule has 2 heterocycles. The van der Waals surface area contributed by atoms with Crippen LogP contribution in [-0.4, -0.2) is 26.1 Å². The number of rotatable bonds is 0. The van der Waals surface area contributed by atoms with E-state index in [0.29, 0.717) is 22.3 Å². The van der Waals surface area contributed by atoms with E-state index in [0.717, 1.165) is 8.87 Å². The molecule has 0 spiro atoms. The molecule has 0 saturated carbocycles. The second-order valence-electron chi connectivity index (χ2n) is 3.82. The van der Waals surface area contributed by atoms with E-state index in [1.807, 2.05) is 13.8 Å². The van der Waals surface area contributed by atoms with Crippen molar-refractivity contribution in [3.05, 3.63) is 41.9 Å². The van der Waals surface area contributed by atoms with Gasteiger partial charge in [0.15, 0.2) is 0 Å². The number of hydrogen-bond acceptors (Lipinski definition) is 3. The summed E-state index contributed by atoms with van der Waals surface area (Å²) in [5.74, 6) is 0.0872. The van der Waals surface area contributed by atoms with E-state index in [1.54, 1.807) is 10.8 Å². The Kier molecular flexibility index (Phi) is 2.08.